The Kier molecular flexibility index (Phi) is 7.29. The number of unbranched alkanes of at least 4 members (excludes halogenated alkanes) is 2. The SMILES string of the molecule is CCC(C)(C)OCCCCCNC. The van der Waals surface area contributed by atoms with E-state index in [9.17, 15) is 0 Å². The van der Waals surface area contributed by atoms with Crippen molar-refractivity contribution in [3.8, 4) is 0 Å². The molecule has 0 heterocycles. The summed E-state index contributed by atoms with van der Waals surface area (Å²) in [6.07, 6.45) is 4.79. The van der Waals surface area contributed by atoms with E-state index in [2.05, 4.69) is 26.1 Å². The summed E-state index contributed by atoms with van der Waals surface area (Å²) in [5.41, 5.74) is 0.0724. The van der Waals surface area contributed by atoms with E-state index in [0.29, 0.717) is 0 Å². The molecule has 2 heteroatoms. The van der Waals surface area contributed by atoms with Crippen LogP contribution in [0.1, 0.15) is 46.5 Å². The number of ether oxygens (including phenoxy) is 1. The molecule has 0 aromatic carbocycles. The molecule has 0 saturated heterocycles. The van der Waals surface area contributed by atoms with Gasteiger partial charge in [-0.2, -0.15) is 0 Å². The Labute approximate surface area is 83.1 Å². The zero-order chi connectivity index (χ0) is 10.2. The van der Waals surface area contributed by atoms with Crippen LogP contribution in [0, 0.1) is 0 Å². The number of nitrogens with one attached hydrogen (secondary N) is 1. The first-order chi connectivity index (χ1) is 6.12. The maximum Gasteiger partial charge on any atom is 0.0623 e. The van der Waals surface area contributed by atoms with Gasteiger partial charge in [-0.1, -0.05) is 6.92 Å². The number of hydrogen-bond donors (Lipinski definition) is 1. The standard InChI is InChI=1S/C11H25NO/c1-5-11(2,3)13-10-8-6-7-9-12-4/h12H,5-10H2,1-4H3. The van der Waals surface area contributed by atoms with E-state index < -0.39 is 0 Å². The van der Waals surface area contributed by atoms with Crippen molar-refractivity contribution in [1.82, 2.24) is 5.32 Å². The van der Waals surface area contributed by atoms with E-state index >= 15 is 0 Å². The third-order valence-electron chi connectivity index (χ3n) is 2.42. The third kappa shape index (κ3) is 8.26. The van der Waals surface area contributed by atoms with Crippen molar-refractivity contribution in [3.05, 3.63) is 0 Å². The Hall–Kier alpha value is -0.0800. The summed E-state index contributed by atoms with van der Waals surface area (Å²) in [4.78, 5) is 0. The Bertz CT molecular complexity index is 113. The summed E-state index contributed by atoms with van der Waals surface area (Å²) in [6.45, 7) is 8.50. The molecule has 0 saturated carbocycles. The smallest absolute Gasteiger partial charge is 0.0623 e. The molecule has 1 N–H and O–H groups in total. The van der Waals surface area contributed by atoms with Gasteiger partial charge in [0.15, 0.2) is 0 Å². The van der Waals surface area contributed by atoms with E-state index in [1.54, 1.807) is 0 Å². The van der Waals surface area contributed by atoms with Crippen LogP contribution in [-0.2, 0) is 4.74 Å². The molecule has 80 valence electrons. The predicted octanol–water partition coefficient (Wildman–Crippen LogP) is 2.58. The largest absolute Gasteiger partial charge is 0.376 e. The molecule has 0 amide bonds. The van der Waals surface area contributed by atoms with Crippen molar-refractivity contribution in [3.63, 3.8) is 0 Å². The third-order valence-corrected chi connectivity index (χ3v) is 2.42. The van der Waals surface area contributed by atoms with Crippen molar-refractivity contribution < 1.29 is 4.74 Å². The second-order valence-corrected chi connectivity index (χ2v) is 4.13. The van der Waals surface area contributed by atoms with Gasteiger partial charge in [-0.15, -0.1) is 0 Å². The molecule has 0 unspecified atom stereocenters. The van der Waals surface area contributed by atoms with Crippen molar-refractivity contribution in [1.29, 1.82) is 0 Å². The fourth-order valence-electron chi connectivity index (χ4n) is 1.03. The van der Waals surface area contributed by atoms with Crippen LogP contribution in [0.2, 0.25) is 0 Å². The maximum atomic E-state index is 5.74. The second-order valence-electron chi connectivity index (χ2n) is 4.13. The second kappa shape index (κ2) is 7.34. The molecule has 0 spiro atoms. The topological polar surface area (TPSA) is 21.3 Å². The Morgan fingerprint density at radius 1 is 1.15 bits per heavy atom. The fraction of sp³-hybridized carbons (Fsp3) is 1.00. The normalized spacial score (nSPS) is 12.0. The van der Waals surface area contributed by atoms with Gasteiger partial charge in [0.1, 0.15) is 0 Å². The van der Waals surface area contributed by atoms with E-state index in [0.717, 1.165) is 19.6 Å². The monoisotopic (exact) mass is 187 g/mol. The molecule has 0 aromatic rings. The van der Waals surface area contributed by atoms with Crippen LogP contribution < -0.4 is 5.32 Å². The maximum absolute atomic E-state index is 5.74. The van der Waals surface area contributed by atoms with Crippen LogP contribution in [-0.4, -0.2) is 25.8 Å². The fourth-order valence-corrected chi connectivity index (χ4v) is 1.03. The lowest BCUT2D eigenvalue weighted by molar-refractivity contribution is -0.0216. The van der Waals surface area contributed by atoms with E-state index in [1.807, 2.05) is 7.05 Å². The number of hydrogen-bond acceptors (Lipinski definition) is 2. The lowest BCUT2D eigenvalue weighted by Crippen LogP contribution is -2.23. The molecular formula is C11H25NO. The molecule has 0 aliphatic heterocycles. The van der Waals surface area contributed by atoms with Crippen LogP contribution in [0.15, 0.2) is 0 Å². The molecule has 0 atom stereocenters. The molecule has 0 rings (SSSR count). The first-order valence-corrected chi connectivity index (χ1v) is 5.41. The highest BCUT2D eigenvalue weighted by Gasteiger charge is 2.13. The lowest BCUT2D eigenvalue weighted by Gasteiger charge is -2.23. The first-order valence-electron chi connectivity index (χ1n) is 5.41. The van der Waals surface area contributed by atoms with E-state index in [4.69, 9.17) is 4.74 Å². The quantitative estimate of drug-likeness (QED) is 0.590. The van der Waals surface area contributed by atoms with Crippen molar-refractivity contribution in [2.75, 3.05) is 20.2 Å². The van der Waals surface area contributed by atoms with Crippen molar-refractivity contribution >= 4 is 0 Å². The summed E-state index contributed by atoms with van der Waals surface area (Å²) in [5.74, 6) is 0. The minimum atomic E-state index is 0.0724. The lowest BCUT2D eigenvalue weighted by atomic mass is 10.1. The molecule has 0 aromatic heterocycles. The van der Waals surface area contributed by atoms with Gasteiger partial charge < -0.3 is 10.1 Å². The number of rotatable bonds is 8. The molecule has 0 aliphatic carbocycles. The highest BCUT2D eigenvalue weighted by molar-refractivity contribution is 4.64. The predicted molar refractivity (Wildman–Crippen MR) is 58.1 cm³/mol. The van der Waals surface area contributed by atoms with E-state index in [1.165, 1.54) is 19.3 Å². The van der Waals surface area contributed by atoms with Crippen LogP contribution in [0.4, 0.5) is 0 Å². The summed E-state index contributed by atoms with van der Waals surface area (Å²) >= 11 is 0. The van der Waals surface area contributed by atoms with Gasteiger partial charge in [-0.05, 0) is 53.1 Å². The van der Waals surface area contributed by atoms with Gasteiger partial charge in [0, 0.05) is 6.61 Å². The Morgan fingerprint density at radius 2 is 1.85 bits per heavy atom. The Balaban J connectivity index is 3.16. The average Bonchev–Trinajstić information content (AvgIpc) is 2.11. The van der Waals surface area contributed by atoms with Gasteiger partial charge in [-0.25, -0.2) is 0 Å². The molecule has 0 bridgehead atoms. The summed E-state index contributed by atoms with van der Waals surface area (Å²) in [5, 5.41) is 3.15. The molecule has 0 aliphatic rings. The van der Waals surface area contributed by atoms with Crippen LogP contribution in [0.5, 0.6) is 0 Å². The van der Waals surface area contributed by atoms with E-state index in [-0.39, 0.29) is 5.60 Å². The molecular weight excluding hydrogens is 162 g/mol. The highest BCUT2D eigenvalue weighted by Crippen LogP contribution is 2.13. The molecule has 0 radical (unpaired) electrons. The van der Waals surface area contributed by atoms with Crippen molar-refractivity contribution in [2.45, 2.75) is 52.1 Å². The molecule has 2 nitrogen and oxygen atoms in total. The zero-order valence-corrected chi connectivity index (χ0v) is 9.65. The molecule has 13 heavy (non-hydrogen) atoms. The van der Waals surface area contributed by atoms with Crippen molar-refractivity contribution in [2.24, 2.45) is 0 Å². The highest BCUT2D eigenvalue weighted by atomic mass is 16.5. The van der Waals surface area contributed by atoms with Crippen LogP contribution >= 0.6 is 0 Å². The first kappa shape index (κ1) is 12.9. The Morgan fingerprint density at radius 3 is 2.38 bits per heavy atom. The minimum absolute atomic E-state index is 0.0724. The molecule has 0 fully saturated rings. The minimum Gasteiger partial charge on any atom is -0.376 e. The van der Waals surface area contributed by atoms with Gasteiger partial charge in [0.25, 0.3) is 0 Å². The van der Waals surface area contributed by atoms with Crippen LogP contribution in [0.3, 0.4) is 0 Å². The van der Waals surface area contributed by atoms with Gasteiger partial charge in [0.2, 0.25) is 0 Å². The summed E-state index contributed by atoms with van der Waals surface area (Å²) in [6, 6.07) is 0. The van der Waals surface area contributed by atoms with Gasteiger partial charge in [0.05, 0.1) is 5.60 Å². The van der Waals surface area contributed by atoms with Gasteiger partial charge in [-0.3, -0.25) is 0 Å². The summed E-state index contributed by atoms with van der Waals surface area (Å²) < 4.78 is 5.74. The van der Waals surface area contributed by atoms with Crippen LogP contribution in [0.25, 0.3) is 0 Å². The average molecular weight is 187 g/mol. The zero-order valence-electron chi connectivity index (χ0n) is 9.65. The van der Waals surface area contributed by atoms with Gasteiger partial charge >= 0.3 is 0 Å². The summed E-state index contributed by atoms with van der Waals surface area (Å²) in [7, 11) is 2.00.